The van der Waals surface area contributed by atoms with Crippen LogP contribution in [0.3, 0.4) is 0 Å². The van der Waals surface area contributed by atoms with Gasteiger partial charge in [0.05, 0.1) is 17.6 Å². The first-order valence-corrected chi connectivity index (χ1v) is 9.45. The van der Waals surface area contributed by atoms with E-state index in [1.54, 1.807) is 17.6 Å². The van der Waals surface area contributed by atoms with E-state index in [2.05, 4.69) is 40.5 Å². The lowest BCUT2D eigenvalue weighted by molar-refractivity contribution is 0.370. The number of fused-ring (bicyclic) bond motifs is 1. The predicted octanol–water partition coefficient (Wildman–Crippen LogP) is 4.33. The molecule has 1 N–H and O–H groups in total. The van der Waals surface area contributed by atoms with Gasteiger partial charge in [-0.05, 0) is 61.1 Å². The minimum absolute atomic E-state index is 0.0708. The van der Waals surface area contributed by atoms with Crippen LogP contribution in [0.4, 0.5) is 9.52 Å². The summed E-state index contributed by atoms with van der Waals surface area (Å²) in [6, 6.07) is 6.44. The van der Waals surface area contributed by atoms with E-state index < -0.39 is 0 Å². The molecule has 0 amide bonds. The van der Waals surface area contributed by atoms with Gasteiger partial charge in [-0.15, -0.1) is 10.2 Å². The Morgan fingerprint density at radius 3 is 2.85 bits per heavy atom. The standard InChI is InChI=1S/C19H20FN5S/c1-13-9-17-14(11-23-25(17)16-5-3-15(20)4-6-16)10-19(13,2)7-8-21-18-24-22-12-26-18/h3-6,9,11-12H,7-8,10H2,1-2H3,(H,21,24). The van der Waals surface area contributed by atoms with E-state index in [-0.39, 0.29) is 11.2 Å². The number of aromatic nitrogens is 4. The molecular formula is C19H20FN5S. The molecule has 1 unspecified atom stereocenters. The fraction of sp³-hybridized carbons (Fsp3) is 0.316. The van der Waals surface area contributed by atoms with E-state index in [1.165, 1.54) is 34.6 Å². The Hall–Kier alpha value is -2.54. The third-order valence-electron chi connectivity index (χ3n) is 5.16. The second kappa shape index (κ2) is 6.64. The average Bonchev–Trinajstić information content (AvgIpc) is 3.26. The van der Waals surface area contributed by atoms with Crippen molar-refractivity contribution in [2.75, 3.05) is 11.9 Å². The number of allylic oxidation sites excluding steroid dienone is 1. The third kappa shape index (κ3) is 3.14. The van der Waals surface area contributed by atoms with Crippen molar-refractivity contribution in [2.45, 2.75) is 26.7 Å². The number of anilines is 1. The maximum absolute atomic E-state index is 13.2. The second-order valence-electron chi connectivity index (χ2n) is 6.93. The molecule has 0 saturated carbocycles. The summed E-state index contributed by atoms with van der Waals surface area (Å²) in [6.45, 7) is 5.31. The molecule has 1 atom stereocenters. The summed E-state index contributed by atoms with van der Waals surface area (Å²) in [4.78, 5) is 0. The lowest BCUT2D eigenvalue weighted by atomic mass is 9.72. The van der Waals surface area contributed by atoms with Gasteiger partial charge >= 0.3 is 0 Å². The Morgan fingerprint density at radius 1 is 1.31 bits per heavy atom. The first kappa shape index (κ1) is 16.9. The highest BCUT2D eigenvalue weighted by molar-refractivity contribution is 7.13. The Kier molecular flexibility index (Phi) is 4.32. The van der Waals surface area contributed by atoms with E-state index in [0.717, 1.165) is 35.9 Å². The Labute approximate surface area is 155 Å². The van der Waals surface area contributed by atoms with Crippen LogP contribution < -0.4 is 5.32 Å². The number of halogens is 1. The summed E-state index contributed by atoms with van der Waals surface area (Å²) in [5, 5.41) is 16.6. The van der Waals surface area contributed by atoms with Crippen LogP contribution in [0.1, 0.15) is 31.5 Å². The van der Waals surface area contributed by atoms with Crippen molar-refractivity contribution in [3.63, 3.8) is 0 Å². The molecule has 0 radical (unpaired) electrons. The minimum Gasteiger partial charge on any atom is -0.360 e. The van der Waals surface area contributed by atoms with Gasteiger partial charge in [0, 0.05) is 6.54 Å². The van der Waals surface area contributed by atoms with Gasteiger partial charge in [0.15, 0.2) is 0 Å². The fourth-order valence-electron chi connectivity index (χ4n) is 3.39. The molecule has 1 aliphatic rings. The van der Waals surface area contributed by atoms with Crippen molar-refractivity contribution >= 4 is 22.5 Å². The molecule has 4 rings (SSSR count). The van der Waals surface area contributed by atoms with Gasteiger partial charge in [-0.25, -0.2) is 9.07 Å². The van der Waals surface area contributed by atoms with Gasteiger partial charge in [-0.2, -0.15) is 5.10 Å². The van der Waals surface area contributed by atoms with Gasteiger partial charge in [-0.1, -0.05) is 23.8 Å². The first-order chi connectivity index (χ1) is 12.5. The van der Waals surface area contributed by atoms with Crippen LogP contribution in [-0.4, -0.2) is 26.5 Å². The van der Waals surface area contributed by atoms with Crippen molar-refractivity contribution < 1.29 is 4.39 Å². The largest absolute Gasteiger partial charge is 0.360 e. The predicted molar refractivity (Wildman–Crippen MR) is 102 cm³/mol. The third-order valence-corrected chi connectivity index (χ3v) is 5.81. The summed E-state index contributed by atoms with van der Waals surface area (Å²) in [7, 11) is 0. The maximum Gasteiger partial charge on any atom is 0.205 e. The molecule has 26 heavy (non-hydrogen) atoms. The van der Waals surface area contributed by atoms with Crippen molar-refractivity contribution in [1.82, 2.24) is 20.0 Å². The highest BCUT2D eigenvalue weighted by Crippen LogP contribution is 2.41. The highest BCUT2D eigenvalue weighted by Gasteiger charge is 2.32. The van der Waals surface area contributed by atoms with Crippen molar-refractivity contribution in [2.24, 2.45) is 5.41 Å². The maximum atomic E-state index is 13.2. The number of rotatable bonds is 5. The molecule has 2 heterocycles. The van der Waals surface area contributed by atoms with Crippen LogP contribution >= 0.6 is 11.3 Å². The molecule has 5 nitrogen and oxygen atoms in total. The monoisotopic (exact) mass is 369 g/mol. The summed E-state index contributed by atoms with van der Waals surface area (Å²) in [6.07, 6.45) is 6.07. The SMILES string of the molecule is CC1=Cc2c(cnn2-c2ccc(F)cc2)CC1(C)CCNc1nncs1. The normalized spacial score (nSPS) is 19.1. The molecule has 1 aromatic carbocycles. The second-order valence-corrected chi connectivity index (χ2v) is 7.76. The zero-order valence-electron chi connectivity index (χ0n) is 14.7. The van der Waals surface area contributed by atoms with Crippen LogP contribution in [-0.2, 0) is 6.42 Å². The summed E-state index contributed by atoms with van der Waals surface area (Å²) >= 11 is 1.51. The smallest absolute Gasteiger partial charge is 0.205 e. The zero-order valence-corrected chi connectivity index (χ0v) is 15.6. The average molecular weight is 369 g/mol. The van der Waals surface area contributed by atoms with Crippen LogP contribution in [0.5, 0.6) is 0 Å². The molecule has 0 saturated heterocycles. The fourth-order valence-corrected chi connectivity index (χ4v) is 3.86. The Bertz CT molecular complexity index is 930. The van der Waals surface area contributed by atoms with Gasteiger partial charge in [-0.3, -0.25) is 0 Å². The molecule has 7 heteroatoms. The van der Waals surface area contributed by atoms with Crippen molar-refractivity contribution in [3.05, 3.63) is 58.6 Å². The van der Waals surface area contributed by atoms with Crippen LogP contribution in [0.2, 0.25) is 0 Å². The van der Waals surface area contributed by atoms with E-state index >= 15 is 0 Å². The van der Waals surface area contributed by atoms with E-state index in [4.69, 9.17) is 0 Å². The molecule has 2 aromatic heterocycles. The molecule has 0 bridgehead atoms. The van der Waals surface area contributed by atoms with Gasteiger partial charge in [0.25, 0.3) is 0 Å². The molecule has 134 valence electrons. The molecule has 0 fully saturated rings. The summed E-state index contributed by atoms with van der Waals surface area (Å²) in [5.74, 6) is -0.239. The highest BCUT2D eigenvalue weighted by atomic mass is 32.1. The number of hydrogen-bond acceptors (Lipinski definition) is 5. The number of nitrogens with one attached hydrogen (secondary N) is 1. The van der Waals surface area contributed by atoms with Crippen LogP contribution in [0.25, 0.3) is 11.8 Å². The molecule has 1 aliphatic carbocycles. The number of hydrogen-bond donors (Lipinski definition) is 1. The van der Waals surface area contributed by atoms with E-state index in [0.29, 0.717) is 0 Å². The van der Waals surface area contributed by atoms with Gasteiger partial charge in [0.1, 0.15) is 11.3 Å². The minimum atomic E-state index is -0.239. The summed E-state index contributed by atoms with van der Waals surface area (Å²) < 4.78 is 15.1. The van der Waals surface area contributed by atoms with Crippen LogP contribution in [0.15, 0.2) is 41.5 Å². The Morgan fingerprint density at radius 2 is 2.12 bits per heavy atom. The lowest BCUT2D eigenvalue weighted by Gasteiger charge is -2.34. The van der Waals surface area contributed by atoms with Crippen LogP contribution in [0, 0.1) is 11.2 Å². The van der Waals surface area contributed by atoms with E-state index in [1.807, 2.05) is 10.9 Å². The Balaban J connectivity index is 1.54. The quantitative estimate of drug-likeness (QED) is 0.727. The van der Waals surface area contributed by atoms with Gasteiger partial charge < -0.3 is 5.32 Å². The molecular weight excluding hydrogens is 349 g/mol. The topological polar surface area (TPSA) is 55.6 Å². The number of benzene rings is 1. The van der Waals surface area contributed by atoms with Crippen molar-refractivity contribution in [3.8, 4) is 5.69 Å². The lowest BCUT2D eigenvalue weighted by Crippen LogP contribution is -2.27. The molecule has 3 aromatic rings. The molecule has 0 spiro atoms. The van der Waals surface area contributed by atoms with Gasteiger partial charge in [0.2, 0.25) is 5.13 Å². The first-order valence-electron chi connectivity index (χ1n) is 8.57. The van der Waals surface area contributed by atoms with Crippen molar-refractivity contribution in [1.29, 1.82) is 0 Å². The zero-order chi connectivity index (χ0) is 18.1. The summed E-state index contributed by atoms with van der Waals surface area (Å²) in [5.41, 5.74) is 6.31. The number of nitrogens with zero attached hydrogens (tertiary/aromatic N) is 4. The van der Waals surface area contributed by atoms with E-state index in [9.17, 15) is 4.39 Å². The molecule has 0 aliphatic heterocycles.